The summed E-state index contributed by atoms with van der Waals surface area (Å²) < 4.78 is 5.83. The van der Waals surface area contributed by atoms with Crippen molar-refractivity contribution in [2.45, 2.75) is 37.3 Å². The SMILES string of the molecule is N#CC(CN1CCOC2CCCC21)c1ccccc1. The zero-order valence-corrected chi connectivity index (χ0v) is 11.2. The van der Waals surface area contributed by atoms with Gasteiger partial charge in [-0.1, -0.05) is 30.3 Å². The van der Waals surface area contributed by atoms with E-state index in [1.807, 2.05) is 18.2 Å². The summed E-state index contributed by atoms with van der Waals surface area (Å²) in [6, 6.07) is 13.1. The van der Waals surface area contributed by atoms with Gasteiger partial charge in [-0.25, -0.2) is 0 Å². The molecule has 3 rings (SSSR count). The zero-order chi connectivity index (χ0) is 13.1. The van der Waals surface area contributed by atoms with E-state index < -0.39 is 0 Å². The lowest BCUT2D eigenvalue weighted by Gasteiger charge is -2.38. The van der Waals surface area contributed by atoms with Crippen LogP contribution in [0, 0.1) is 11.3 Å². The van der Waals surface area contributed by atoms with Gasteiger partial charge in [-0.15, -0.1) is 0 Å². The molecule has 1 aliphatic carbocycles. The van der Waals surface area contributed by atoms with Gasteiger partial charge in [0.25, 0.3) is 0 Å². The van der Waals surface area contributed by atoms with Crippen LogP contribution in [0.1, 0.15) is 30.7 Å². The van der Waals surface area contributed by atoms with Gasteiger partial charge in [0.15, 0.2) is 0 Å². The number of ether oxygens (including phenoxy) is 1. The van der Waals surface area contributed by atoms with Gasteiger partial charge in [-0.2, -0.15) is 5.26 Å². The first kappa shape index (κ1) is 12.7. The van der Waals surface area contributed by atoms with E-state index in [0.29, 0.717) is 12.1 Å². The number of rotatable bonds is 3. The number of hydrogen-bond donors (Lipinski definition) is 0. The van der Waals surface area contributed by atoms with Gasteiger partial charge >= 0.3 is 0 Å². The van der Waals surface area contributed by atoms with Crippen molar-refractivity contribution in [3.8, 4) is 6.07 Å². The fourth-order valence-electron chi connectivity index (χ4n) is 3.37. The van der Waals surface area contributed by atoms with Crippen LogP contribution in [-0.2, 0) is 4.74 Å². The molecule has 3 unspecified atom stereocenters. The lowest BCUT2D eigenvalue weighted by molar-refractivity contribution is -0.0560. The highest BCUT2D eigenvalue weighted by Crippen LogP contribution is 2.31. The van der Waals surface area contributed by atoms with Gasteiger partial charge in [0, 0.05) is 19.1 Å². The zero-order valence-electron chi connectivity index (χ0n) is 11.2. The van der Waals surface area contributed by atoms with Crippen molar-refractivity contribution in [2.75, 3.05) is 19.7 Å². The molecule has 1 heterocycles. The Labute approximate surface area is 114 Å². The van der Waals surface area contributed by atoms with E-state index in [1.165, 1.54) is 19.3 Å². The summed E-state index contributed by atoms with van der Waals surface area (Å²) in [5.41, 5.74) is 1.13. The summed E-state index contributed by atoms with van der Waals surface area (Å²) in [7, 11) is 0. The number of benzene rings is 1. The minimum absolute atomic E-state index is 0.0273. The van der Waals surface area contributed by atoms with E-state index in [0.717, 1.165) is 25.3 Å². The first-order valence-corrected chi connectivity index (χ1v) is 7.18. The lowest BCUT2D eigenvalue weighted by Crippen LogP contribution is -2.49. The molecular formula is C16H20N2O. The Morgan fingerprint density at radius 2 is 2.16 bits per heavy atom. The smallest absolute Gasteiger partial charge is 0.0839 e. The first-order valence-electron chi connectivity index (χ1n) is 7.18. The molecule has 0 bridgehead atoms. The Kier molecular flexibility index (Phi) is 3.82. The van der Waals surface area contributed by atoms with Gasteiger partial charge in [0.1, 0.15) is 0 Å². The molecule has 0 radical (unpaired) electrons. The number of fused-ring (bicyclic) bond motifs is 1. The number of nitriles is 1. The second-order valence-electron chi connectivity index (χ2n) is 5.49. The molecule has 0 aromatic heterocycles. The molecule has 1 aromatic carbocycles. The van der Waals surface area contributed by atoms with Crippen LogP contribution in [0.5, 0.6) is 0 Å². The third-order valence-corrected chi connectivity index (χ3v) is 4.37. The fraction of sp³-hybridized carbons (Fsp3) is 0.562. The van der Waals surface area contributed by atoms with Crippen LogP contribution in [0.2, 0.25) is 0 Å². The van der Waals surface area contributed by atoms with Gasteiger partial charge in [0.2, 0.25) is 0 Å². The third-order valence-electron chi connectivity index (χ3n) is 4.37. The Morgan fingerprint density at radius 3 is 2.95 bits per heavy atom. The Morgan fingerprint density at radius 1 is 1.32 bits per heavy atom. The highest BCUT2D eigenvalue weighted by molar-refractivity contribution is 5.25. The van der Waals surface area contributed by atoms with E-state index >= 15 is 0 Å². The predicted molar refractivity (Wildman–Crippen MR) is 73.7 cm³/mol. The average Bonchev–Trinajstić information content (AvgIpc) is 2.95. The molecule has 2 aliphatic rings. The molecule has 19 heavy (non-hydrogen) atoms. The quantitative estimate of drug-likeness (QED) is 0.834. The molecule has 3 heteroatoms. The summed E-state index contributed by atoms with van der Waals surface area (Å²) >= 11 is 0. The molecule has 0 spiro atoms. The number of hydrogen-bond acceptors (Lipinski definition) is 3. The molecule has 3 atom stereocenters. The largest absolute Gasteiger partial charge is 0.375 e. The summed E-state index contributed by atoms with van der Waals surface area (Å²) in [5, 5.41) is 9.44. The Balaban J connectivity index is 1.71. The van der Waals surface area contributed by atoms with E-state index in [-0.39, 0.29) is 5.92 Å². The minimum atomic E-state index is -0.0273. The minimum Gasteiger partial charge on any atom is -0.375 e. The number of morpholine rings is 1. The van der Waals surface area contributed by atoms with E-state index in [2.05, 4.69) is 23.1 Å². The summed E-state index contributed by atoms with van der Waals surface area (Å²) in [6.45, 7) is 2.62. The second-order valence-corrected chi connectivity index (χ2v) is 5.49. The van der Waals surface area contributed by atoms with Crippen LogP contribution < -0.4 is 0 Å². The molecule has 1 saturated heterocycles. The molecule has 100 valence electrons. The van der Waals surface area contributed by atoms with Crippen LogP contribution in [-0.4, -0.2) is 36.7 Å². The Hall–Kier alpha value is -1.37. The molecule has 1 saturated carbocycles. The van der Waals surface area contributed by atoms with Crippen LogP contribution in [0.4, 0.5) is 0 Å². The fourth-order valence-corrected chi connectivity index (χ4v) is 3.37. The predicted octanol–water partition coefficient (Wildman–Crippen LogP) is 2.55. The second kappa shape index (κ2) is 5.73. The van der Waals surface area contributed by atoms with Crippen molar-refractivity contribution in [1.29, 1.82) is 5.26 Å². The maximum atomic E-state index is 9.44. The average molecular weight is 256 g/mol. The van der Waals surface area contributed by atoms with Crippen molar-refractivity contribution in [1.82, 2.24) is 4.90 Å². The van der Waals surface area contributed by atoms with Crippen LogP contribution >= 0.6 is 0 Å². The van der Waals surface area contributed by atoms with Crippen molar-refractivity contribution in [2.24, 2.45) is 0 Å². The van der Waals surface area contributed by atoms with Gasteiger partial charge in [-0.3, -0.25) is 4.90 Å². The molecular weight excluding hydrogens is 236 g/mol. The van der Waals surface area contributed by atoms with Crippen molar-refractivity contribution >= 4 is 0 Å². The molecule has 3 nitrogen and oxygen atoms in total. The van der Waals surface area contributed by atoms with E-state index in [9.17, 15) is 5.26 Å². The van der Waals surface area contributed by atoms with Crippen molar-refractivity contribution in [3.05, 3.63) is 35.9 Å². The lowest BCUT2D eigenvalue weighted by atomic mass is 9.98. The van der Waals surface area contributed by atoms with Gasteiger partial charge < -0.3 is 4.74 Å². The topological polar surface area (TPSA) is 36.3 Å². The molecule has 1 aromatic rings. The van der Waals surface area contributed by atoms with Gasteiger partial charge in [0.05, 0.1) is 24.7 Å². The third kappa shape index (κ3) is 2.65. The van der Waals surface area contributed by atoms with Crippen LogP contribution in [0.3, 0.4) is 0 Å². The Bertz CT molecular complexity index is 454. The van der Waals surface area contributed by atoms with E-state index in [4.69, 9.17) is 4.74 Å². The van der Waals surface area contributed by atoms with Crippen LogP contribution in [0.15, 0.2) is 30.3 Å². The maximum absolute atomic E-state index is 9.44. The normalized spacial score (nSPS) is 28.6. The van der Waals surface area contributed by atoms with Gasteiger partial charge in [-0.05, 0) is 24.8 Å². The molecule has 2 fully saturated rings. The highest BCUT2D eigenvalue weighted by atomic mass is 16.5. The maximum Gasteiger partial charge on any atom is 0.0839 e. The summed E-state index contributed by atoms with van der Waals surface area (Å²) in [5.74, 6) is -0.0273. The standard InChI is InChI=1S/C16H20N2O/c17-11-14(13-5-2-1-3-6-13)12-18-9-10-19-16-8-4-7-15(16)18/h1-3,5-6,14-16H,4,7-10,12H2. The highest BCUT2D eigenvalue weighted by Gasteiger charge is 2.36. The van der Waals surface area contributed by atoms with Crippen molar-refractivity contribution in [3.63, 3.8) is 0 Å². The molecule has 1 aliphatic heterocycles. The summed E-state index contributed by atoms with van der Waals surface area (Å²) in [6.07, 6.45) is 4.07. The summed E-state index contributed by atoms with van der Waals surface area (Å²) in [4.78, 5) is 2.47. The van der Waals surface area contributed by atoms with Crippen LogP contribution in [0.25, 0.3) is 0 Å². The first-order chi connectivity index (χ1) is 9.38. The molecule has 0 amide bonds. The molecule has 0 N–H and O–H groups in total. The number of nitrogens with zero attached hydrogens (tertiary/aromatic N) is 2. The van der Waals surface area contributed by atoms with Crippen molar-refractivity contribution < 1.29 is 4.74 Å². The monoisotopic (exact) mass is 256 g/mol. The van der Waals surface area contributed by atoms with E-state index in [1.54, 1.807) is 0 Å².